The summed E-state index contributed by atoms with van der Waals surface area (Å²) in [6.07, 6.45) is 1.84. The van der Waals surface area contributed by atoms with Crippen LogP contribution in [0.1, 0.15) is 12.8 Å². The van der Waals surface area contributed by atoms with Crippen molar-refractivity contribution >= 4 is 50.7 Å². The second kappa shape index (κ2) is 9.54. The van der Waals surface area contributed by atoms with Crippen LogP contribution >= 0.6 is 24.0 Å². The Kier molecular flexibility index (Phi) is 7.19. The standard InChI is InChI=1S/C23H28ClN3O5S.ClH/c1-31-16-23-14-26(12-21(28)27(23)13-22(15-32-23)6-8-25-9-7-22)33(29,30)20-5-3-17-10-19(24)4-2-18(17)11-20;/h2-5,10-11,25H,6-9,12-16H2,1H3;1H. The molecule has 1 unspecified atom stereocenters. The van der Waals surface area contributed by atoms with E-state index in [1.165, 1.54) is 11.4 Å². The first-order valence-corrected chi connectivity index (χ1v) is 12.9. The number of methoxy groups -OCH3 is 1. The lowest BCUT2D eigenvalue weighted by atomic mass is 9.77. The minimum absolute atomic E-state index is 0. The summed E-state index contributed by atoms with van der Waals surface area (Å²) in [5, 5.41) is 5.55. The van der Waals surface area contributed by atoms with Gasteiger partial charge in [-0.15, -0.1) is 12.4 Å². The fourth-order valence-electron chi connectivity index (χ4n) is 5.23. The summed E-state index contributed by atoms with van der Waals surface area (Å²) in [5.41, 5.74) is -1.23. The molecule has 0 aliphatic carbocycles. The van der Waals surface area contributed by atoms with Crippen molar-refractivity contribution in [3.05, 3.63) is 41.4 Å². The summed E-state index contributed by atoms with van der Waals surface area (Å²) in [6.45, 7) is 2.72. The highest BCUT2D eigenvalue weighted by Gasteiger charge is 2.56. The Hall–Kier alpha value is -1.46. The van der Waals surface area contributed by atoms with E-state index in [0.717, 1.165) is 36.7 Å². The Balaban J connectivity index is 0.00000274. The molecule has 34 heavy (non-hydrogen) atoms. The van der Waals surface area contributed by atoms with Crippen LogP contribution in [0, 0.1) is 5.41 Å². The molecule has 3 saturated heterocycles. The van der Waals surface area contributed by atoms with E-state index >= 15 is 0 Å². The van der Waals surface area contributed by atoms with E-state index in [1.54, 1.807) is 41.3 Å². The average molecular weight is 530 g/mol. The number of halogens is 2. The van der Waals surface area contributed by atoms with Gasteiger partial charge in [0, 0.05) is 24.1 Å². The molecule has 1 N–H and O–H groups in total. The number of carbonyl (C=O) groups excluding carboxylic acids is 1. The van der Waals surface area contributed by atoms with Gasteiger partial charge in [0.15, 0.2) is 5.72 Å². The van der Waals surface area contributed by atoms with Gasteiger partial charge in [-0.05, 0) is 61.0 Å². The zero-order chi connectivity index (χ0) is 23.3. The number of piperidine rings is 1. The van der Waals surface area contributed by atoms with E-state index in [1.807, 2.05) is 0 Å². The number of ether oxygens (including phenoxy) is 2. The number of benzene rings is 2. The number of carbonyl (C=O) groups is 1. The molecule has 3 heterocycles. The van der Waals surface area contributed by atoms with Gasteiger partial charge in [0.2, 0.25) is 15.9 Å². The van der Waals surface area contributed by atoms with Crippen LogP contribution in [0.25, 0.3) is 10.8 Å². The fourth-order valence-corrected chi connectivity index (χ4v) is 6.88. The number of nitrogens with one attached hydrogen (secondary N) is 1. The van der Waals surface area contributed by atoms with Crippen LogP contribution < -0.4 is 5.32 Å². The lowest BCUT2D eigenvalue weighted by Gasteiger charge is -2.57. The minimum atomic E-state index is -3.93. The SMILES string of the molecule is COCC12CN(S(=O)(=O)c3ccc4cc(Cl)ccc4c3)CC(=O)N1CC1(CCNCC1)CO2.Cl. The molecule has 3 fully saturated rings. The summed E-state index contributed by atoms with van der Waals surface area (Å²) in [6, 6.07) is 10.2. The van der Waals surface area contributed by atoms with Crippen molar-refractivity contribution in [1.82, 2.24) is 14.5 Å². The monoisotopic (exact) mass is 529 g/mol. The first-order valence-electron chi connectivity index (χ1n) is 11.1. The second-order valence-corrected chi connectivity index (χ2v) is 11.7. The van der Waals surface area contributed by atoms with Crippen molar-refractivity contribution in [3.63, 3.8) is 0 Å². The Morgan fingerprint density at radius 3 is 2.56 bits per heavy atom. The van der Waals surface area contributed by atoms with E-state index in [2.05, 4.69) is 5.32 Å². The summed E-state index contributed by atoms with van der Waals surface area (Å²) >= 11 is 6.05. The van der Waals surface area contributed by atoms with Crippen LogP contribution in [0.15, 0.2) is 41.3 Å². The summed E-state index contributed by atoms with van der Waals surface area (Å²) in [5.74, 6) is -0.257. The maximum absolute atomic E-state index is 13.6. The zero-order valence-corrected chi connectivity index (χ0v) is 21.3. The first kappa shape index (κ1) is 25.6. The molecule has 0 saturated carbocycles. The molecule has 0 bridgehead atoms. The summed E-state index contributed by atoms with van der Waals surface area (Å²) in [7, 11) is -2.39. The van der Waals surface area contributed by atoms with Gasteiger partial charge in [0.25, 0.3) is 0 Å². The van der Waals surface area contributed by atoms with E-state index in [9.17, 15) is 13.2 Å². The molecule has 1 atom stereocenters. The highest BCUT2D eigenvalue weighted by molar-refractivity contribution is 7.89. The molecule has 5 rings (SSSR count). The Morgan fingerprint density at radius 1 is 1.12 bits per heavy atom. The van der Waals surface area contributed by atoms with Crippen LogP contribution in [-0.2, 0) is 24.3 Å². The molecule has 2 aromatic rings. The van der Waals surface area contributed by atoms with Crippen LogP contribution in [0.3, 0.4) is 0 Å². The van der Waals surface area contributed by atoms with Gasteiger partial charge in [0.1, 0.15) is 0 Å². The first-order chi connectivity index (χ1) is 15.8. The Labute approximate surface area is 211 Å². The Morgan fingerprint density at radius 2 is 1.82 bits per heavy atom. The number of piperazine rings is 1. The lowest BCUT2D eigenvalue weighted by molar-refractivity contribution is -0.256. The fraction of sp³-hybridized carbons (Fsp3) is 0.522. The molecular formula is C23H29Cl2N3O5S. The topological polar surface area (TPSA) is 88.2 Å². The molecule has 0 aromatic heterocycles. The third-order valence-corrected chi connectivity index (χ3v) is 9.14. The van der Waals surface area contributed by atoms with Crippen molar-refractivity contribution in [3.8, 4) is 0 Å². The number of fused-ring (bicyclic) bond motifs is 2. The molecule has 1 spiro atoms. The van der Waals surface area contributed by atoms with E-state index < -0.39 is 15.7 Å². The van der Waals surface area contributed by atoms with Crippen LogP contribution in [-0.4, -0.2) is 82.3 Å². The van der Waals surface area contributed by atoms with Gasteiger partial charge in [0.05, 0.1) is 31.2 Å². The molecule has 3 aliphatic heterocycles. The van der Waals surface area contributed by atoms with Gasteiger partial charge >= 0.3 is 0 Å². The zero-order valence-electron chi connectivity index (χ0n) is 19.0. The normalized spacial score (nSPS) is 25.2. The van der Waals surface area contributed by atoms with Gasteiger partial charge in [-0.1, -0.05) is 23.7 Å². The smallest absolute Gasteiger partial charge is 0.243 e. The lowest BCUT2D eigenvalue weighted by Crippen LogP contribution is -2.73. The molecule has 11 heteroatoms. The molecule has 0 radical (unpaired) electrons. The summed E-state index contributed by atoms with van der Waals surface area (Å²) in [4.78, 5) is 15.2. The maximum atomic E-state index is 13.6. The van der Waals surface area contributed by atoms with E-state index in [-0.39, 0.29) is 48.3 Å². The number of sulfonamides is 1. The number of rotatable bonds is 4. The van der Waals surface area contributed by atoms with Crippen molar-refractivity contribution in [2.45, 2.75) is 23.5 Å². The number of nitrogens with zero attached hydrogens (tertiary/aromatic N) is 2. The van der Waals surface area contributed by atoms with Gasteiger partial charge in [-0.2, -0.15) is 4.31 Å². The second-order valence-electron chi connectivity index (χ2n) is 9.32. The predicted octanol–water partition coefficient (Wildman–Crippen LogP) is 2.49. The quantitative estimate of drug-likeness (QED) is 0.654. The number of hydrogen-bond acceptors (Lipinski definition) is 6. The van der Waals surface area contributed by atoms with Crippen molar-refractivity contribution in [2.24, 2.45) is 5.41 Å². The number of hydrogen-bond donors (Lipinski definition) is 1. The largest absolute Gasteiger partial charge is 0.380 e. The third-order valence-electron chi connectivity index (χ3n) is 7.11. The van der Waals surface area contributed by atoms with Crippen molar-refractivity contribution in [2.75, 3.05) is 53.0 Å². The number of amides is 1. The maximum Gasteiger partial charge on any atom is 0.243 e. The summed E-state index contributed by atoms with van der Waals surface area (Å²) < 4.78 is 40.2. The molecule has 186 valence electrons. The van der Waals surface area contributed by atoms with E-state index in [0.29, 0.717) is 18.2 Å². The van der Waals surface area contributed by atoms with Crippen molar-refractivity contribution in [1.29, 1.82) is 0 Å². The highest BCUT2D eigenvalue weighted by atomic mass is 35.5. The molecule has 1 amide bonds. The minimum Gasteiger partial charge on any atom is -0.380 e. The Bertz CT molecular complexity index is 1190. The predicted molar refractivity (Wildman–Crippen MR) is 132 cm³/mol. The van der Waals surface area contributed by atoms with Crippen LogP contribution in [0.4, 0.5) is 0 Å². The van der Waals surface area contributed by atoms with Crippen molar-refractivity contribution < 1.29 is 22.7 Å². The van der Waals surface area contributed by atoms with E-state index in [4.69, 9.17) is 21.1 Å². The average Bonchev–Trinajstić information content (AvgIpc) is 2.80. The van der Waals surface area contributed by atoms with Gasteiger partial charge in [-0.25, -0.2) is 8.42 Å². The molecular weight excluding hydrogens is 501 g/mol. The molecule has 2 aromatic carbocycles. The van der Waals surface area contributed by atoms with Crippen LogP contribution in [0.5, 0.6) is 0 Å². The van der Waals surface area contributed by atoms with Gasteiger partial charge in [-0.3, -0.25) is 4.79 Å². The van der Waals surface area contributed by atoms with Gasteiger partial charge < -0.3 is 19.7 Å². The third kappa shape index (κ3) is 4.43. The van der Waals surface area contributed by atoms with Crippen LogP contribution in [0.2, 0.25) is 5.02 Å². The molecule has 3 aliphatic rings. The molecule has 8 nitrogen and oxygen atoms in total. The highest BCUT2D eigenvalue weighted by Crippen LogP contribution is 2.41.